The van der Waals surface area contributed by atoms with E-state index in [0.29, 0.717) is 16.5 Å². The van der Waals surface area contributed by atoms with E-state index in [9.17, 15) is 18.0 Å². The second-order valence-electron chi connectivity index (χ2n) is 8.34. The van der Waals surface area contributed by atoms with Gasteiger partial charge >= 0.3 is 0 Å². The standard InChI is InChI=1S/C24H29N5O4S2/c1-17(30)34-16-22(31)19-6-10-23(25-15-19)27-35(32,33)20-8-9-21-18(14-20)7-11-24(26-21)29(4)13-5-12-28(2)3/h6-11,14-15H,5,12-13,16H2,1-4H3,(H,25,27). The lowest BCUT2D eigenvalue weighted by Gasteiger charge is -2.20. The highest BCUT2D eigenvalue weighted by Crippen LogP contribution is 2.23. The van der Waals surface area contributed by atoms with Crippen molar-refractivity contribution in [3.05, 3.63) is 54.2 Å². The molecule has 2 aromatic heterocycles. The molecule has 0 saturated heterocycles. The van der Waals surface area contributed by atoms with E-state index >= 15 is 0 Å². The Morgan fingerprint density at radius 2 is 1.80 bits per heavy atom. The molecule has 3 aromatic rings. The zero-order valence-electron chi connectivity index (χ0n) is 20.2. The van der Waals surface area contributed by atoms with Crippen LogP contribution in [0.5, 0.6) is 0 Å². The van der Waals surface area contributed by atoms with Gasteiger partial charge in [0, 0.05) is 37.7 Å². The highest BCUT2D eigenvalue weighted by atomic mass is 32.2. The van der Waals surface area contributed by atoms with E-state index in [1.807, 2.05) is 33.3 Å². The number of aromatic nitrogens is 2. The molecule has 11 heteroatoms. The zero-order chi connectivity index (χ0) is 25.6. The Kier molecular flexibility index (Phi) is 8.82. The van der Waals surface area contributed by atoms with Crippen molar-refractivity contribution in [1.82, 2.24) is 14.9 Å². The molecule has 35 heavy (non-hydrogen) atoms. The van der Waals surface area contributed by atoms with Crippen molar-refractivity contribution < 1.29 is 18.0 Å². The minimum absolute atomic E-state index is 0.0147. The number of carbonyl (C=O) groups excluding carboxylic acids is 2. The molecular formula is C24H29N5O4S2. The predicted octanol–water partition coefficient (Wildman–Crippen LogP) is 3.28. The summed E-state index contributed by atoms with van der Waals surface area (Å²) in [6.45, 7) is 3.24. The Morgan fingerprint density at radius 1 is 1.03 bits per heavy atom. The van der Waals surface area contributed by atoms with Gasteiger partial charge in [0.1, 0.15) is 11.6 Å². The van der Waals surface area contributed by atoms with Gasteiger partial charge in [-0.2, -0.15) is 0 Å². The Balaban J connectivity index is 1.71. The molecule has 0 radical (unpaired) electrons. The molecule has 0 amide bonds. The molecule has 186 valence electrons. The first-order chi connectivity index (χ1) is 16.5. The second kappa shape index (κ2) is 11.6. The molecule has 3 rings (SSSR count). The molecule has 1 N–H and O–H groups in total. The molecule has 2 heterocycles. The van der Waals surface area contributed by atoms with Crippen molar-refractivity contribution in [2.24, 2.45) is 0 Å². The SMILES string of the molecule is CC(=O)SCC(=O)c1ccc(NS(=O)(=O)c2ccc3nc(N(C)CCCN(C)C)ccc3c2)nc1. The van der Waals surface area contributed by atoms with Crippen molar-refractivity contribution in [2.75, 3.05) is 49.6 Å². The summed E-state index contributed by atoms with van der Waals surface area (Å²) in [7, 11) is 2.17. The maximum atomic E-state index is 12.9. The fourth-order valence-corrected chi connectivity index (χ4v) is 4.82. The fraction of sp³-hybridized carbons (Fsp3) is 0.333. The van der Waals surface area contributed by atoms with E-state index in [-0.39, 0.29) is 27.4 Å². The van der Waals surface area contributed by atoms with Crippen LogP contribution < -0.4 is 9.62 Å². The van der Waals surface area contributed by atoms with Crippen LogP contribution in [-0.4, -0.2) is 74.2 Å². The molecule has 0 aliphatic rings. The van der Waals surface area contributed by atoms with Crippen molar-refractivity contribution in [3.8, 4) is 0 Å². The largest absolute Gasteiger partial charge is 0.360 e. The molecule has 1 aromatic carbocycles. The number of benzene rings is 1. The Bertz CT molecular complexity index is 1310. The number of carbonyl (C=O) groups is 2. The number of sulfonamides is 1. The minimum atomic E-state index is -3.90. The van der Waals surface area contributed by atoms with Gasteiger partial charge in [-0.05, 0) is 69.5 Å². The van der Waals surface area contributed by atoms with Crippen molar-refractivity contribution in [2.45, 2.75) is 18.2 Å². The zero-order valence-corrected chi connectivity index (χ0v) is 21.8. The van der Waals surface area contributed by atoms with Gasteiger partial charge in [-0.3, -0.25) is 14.3 Å². The van der Waals surface area contributed by atoms with Gasteiger partial charge in [-0.25, -0.2) is 18.4 Å². The summed E-state index contributed by atoms with van der Waals surface area (Å²) in [4.78, 5) is 36.1. The van der Waals surface area contributed by atoms with Gasteiger partial charge in [0.2, 0.25) is 0 Å². The predicted molar refractivity (Wildman–Crippen MR) is 141 cm³/mol. The lowest BCUT2D eigenvalue weighted by molar-refractivity contribution is -0.109. The van der Waals surface area contributed by atoms with Crippen LogP contribution in [0.3, 0.4) is 0 Å². The van der Waals surface area contributed by atoms with E-state index in [0.717, 1.165) is 37.1 Å². The van der Waals surface area contributed by atoms with E-state index in [1.54, 1.807) is 12.1 Å². The van der Waals surface area contributed by atoms with Crippen LogP contribution in [0.15, 0.2) is 53.6 Å². The van der Waals surface area contributed by atoms with Gasteiger partial charge in [0.15, 0.2) is 10.9 Å². The summed E-state index contributed by atoms with van der Waals surface area (Å²) in [6.07, 6.45) is 2.30. The van der Waals surface area contributed by atoms with E-state index in [1.165, 1.54) is 31.3 Å². The lowest BCUT2D eigenvalue weighted by Crippen LogP contribution is -2.24. The third-order valence-corrected chi connectivity index (χ3v) is 7.34. The van der Waals surface area contributed by atoms with Crippen molar-refractivity contribution >= 4 is 55.2 Å². The van der Waals surface area contributed by atoms with Crippen LogP contribution in [0.1, 0.15) is 23.7 Å². The molecule has 0 atom stereocenters. The molecule has 0 aliphatic heterocycles. The average molecular weight is 516 g/mol. The molecule has 0 saturated carbocycles. The van der Waals surface area contributed by atoms with Crippen LogP contribution in [0.4, 0.5) is 11.6 Å². The van der Waals surface area contributed by atoms with E-state index in [2.05, 4.69) is 24.5 Å². The van der Waals surface area contributed by atoms with Crippen molar-refractivity contribution in [3.63, 3.8) is 0 Å². The molecule has 0 unspecified atom stereocenters. The van der Waals surface area contributed by atoms with Crippen LogP contribution in [-0.2, 0) is 14.8 Å². The highest BCUT2D eigenvalue weighted by Gasteiger charge is 2.17. The van der Waals surface area contributed by atoms with Gasteiger partial charge in [0.25, 0.3) is 10.0 Å². The summed E-state index contributed by atoms with van der Waals surface area (Å²) in [5.74, 6) is 0.678. The van der Waals surface area contributed by atoms with E-state index < -0.39 is 10.0 Å². The number of fused-ring (bicyclic) bond motifs is 1. The van der Waals surface area contributed by atoms with Gasteiger partial charge in [-0.15, -0.1) is 0 Å². The number of hydrogen-bond acceptors (Lipinski definition) is 9. The van der Waals surface area contributed by atoms with Crippen LogP contribution in [0.25, 0.3) is 10.9 Å². The fourth-order valence-electron chi connectivity index (χ4n) is 3.28. The summed E-state index contributed by atoms with van der Waals surface area (Å²) in [5, 5.41) is 0.555. The molecule has 0 fully saturated rings. The van der Waals surface area contributed by atoms with E-state index in [4.69, 9.17) is 0 Å². The van der Waals surface area contributed by atoms with Crippen LogP contribution in [0, 0.1) is 0 Å². The number of thioether (sulfide) groups is 1. The summed E-state index contributed by atoms with van der Waals surface area (Å²) in [5.41, 5.74) is 1.01. The van der Waals surface area contributed by atoms with Crippen LogP contribution >= 0.6 is 11.8 Å². The Labute approximate surface area is 210 Å². The summed E-state index contributed by atoms with van der Waals surface area (Å²) in [6, 6.07) is 11.4. The molecule has 0 spiro atoms. The number of Topliss-reactive ketones (excluding diaryl/α,β-unsaturated/α-hetero) is 1. The molecule has 0 aliphatic carbocycles. The van der Waals surface area contributed by atoms with Gasteiger partial charge in [-0.1, -0.05) is 11.8 Å². The third-order valence-electron chi connectivity index (χ3n) is 5.18. The molecule has 9 nitrogen and oxygen atoms in total. The highest BCUT2D eigenvalue weighted by molar-refractivity contribution is 8.14. The first-order valence-corrected chi connectivity index (χ1v) is 13.4. The number of ketones is 1. The van der Waals surface area contributed by atoms with Crippen molar-refractivity contribution in [1.29, 1.82) is 0 Å². The maximum Gasteiger partial charge on any atom is 0.263 e. The third kappa shape index (κ3) is 7.48. The normalized spacial score (nSPS) is 11.6. The monoisotopic (exact) mass is 515 g/mol. The number of nitrogens with one attached hydrogen (secondary N) is 1. The number of anilines is 2. The Morgan fingerprint density at radius 3 is 2.46 bits per heavy atom. The van der Waals surface area contributed by atoms with Crippen LogP contribution in [0.2, 0.25) is 0 Å². The molecular weight excluding hydrogens is 486 g/mol. The minimum Gasteiger partial charge on any atom is -0.360 e. The van der Waals surface area contributed by atoms with Gasteiger partial charge in [0.05, 0.1) is 16.2 Å². The first kappa shape index (κ1) is 26.6. The Hall–Kier alpha value is -3.02. The number of hydrogen-bond donors (Lipinski definition) is 1. The number of rotatable bonds is 11. The maximum absolute atomic E-state index is 12.9. The smallest absolute Gasteiger partial charge is 0.263 e. The molecule has 0 bridgehead atoms. The second-order valence-corrected chi connectivity index (χ2v) is 11.2. The summed E-state index contributed by atoms with van der Waals surface area (Å²) >= 11 is 0.916. The lowest BCUT2D eigenvalue weighted by atomic mass is 10.2. The summed E-state index contributed by atoms with van der Waals surface area (Å²) < 4.78 is 28.2. The average Bonchev–Trinajstić information content (AvgIpc) is 2.81. The first-order valence-electron chi connectivity index (χ1n) is 11.0. The van der Waals surface area contributed by atoms with Gasteiger partial charge < -0.3 is 9.80 Å². The number of pyridine rings is 2. The quantitative estimate of drug-likeness (QED) is 0.384. The number of nitrogens with zero attached hydrogens (tertiary/aromatic N) is 4. The topological polar surface area (TPSA) is 113 Å².